The van der Waals surface area contributed by atoms with Crippen LogP contribution in [0.25, 0.3) is 0 Å². The van der Waals surface area contributed by atoms with Gasteiger partial charge in [0.25, 0.3) is 0 Å². The highest BCUT2D eigenvalue weighted by Crippen LogP contribution is 2.40. The molecule has 1 aliphatic rings. The molecule has 0 saturated carbocycles. The zero-order valence-corrected chi connectivity index (χ0v) is 16.7. The number of hydrogen-bond acceptors (Lipinski definition) is 9. The number of ether oxygens (including phenoxy) is 2. The van der Waals surface area contributed by atoms with Gasteiger partial charge in [-0.05, 0) is 13.8 Å². The molecule has 0 bridgehead atoms. The molecule has 0 spiro atoms. The molecule has 0 aromatic carbocycles. The second-order valence-electron chi connectivity index (χ2n) is 6.37. The quantitative estimate of drug-likeness (QED) is 0.543. The predicted octanol–water partition coefficient (Wildman–Crippen LogP) is 1.70. The van der Waals surface area contributed by atoms with Crippen LogP contribution < -0.4 is 15.4 Å². The lowest BCUT2D eigenvalue weighted by Crippen LogP contribution is -2.24. The topological polar surface area (TPSA) is 124 Å². The minimum absolute atomic E-state index is 0.0623. The molecule has 1 aliphatic heterocycles. The number of halogens is 1. The van der Waals surface area contributed by atoms with Crippen molar-refractivity contribution < 1.29 is 19.4 Å². The van der Waals surface area contributed by atoms with Gasteiger partial charge >= 0.3 is 5.97 Å². The maximum atomic E-state index is 12.1. The molecule has 2 aromatic heterocycles. The van der Waals surface area contributed by atoms with Crippen LogP contribution in [-0.4, -0.2) is 52.9 Å². The number of nitrogens with two attached hydrogens (primary N) is 1. The van der Waals surface area contributed by atoms with Crippen molar-refractivity contribution >= 4 is 29.3 Å². The molecule has 0 aliphatic carbocycles. The molecule has 0 saturated heterocycles. The molecule has 1 unspecified atom stereocenters. The van der Waals surface area contributed by atoms with Gasteiger partial charge in [0.05, 0.1) is 32.6 Å². The molecule has 0 radical (unpaired) electrons. The highest BCUT2D eigenvalue weighted by atomic mass is 35.5. The Morgan fingerprint density at radius 2 is 2.21 bits per heavy atom. The maximum absolute atomic E-state index is 12.1. The van der Waals surface area contributed by atoms with Crippen LogP contribution in [-0.2, 0) is 11.3 Å². The summed E-state index contributed by atoms with van der Waals surface area (Å²) in [7, 11) is 1.50. The van der Waals surface area contributed by atoms with E-state index in [-0.39, 0.29) is 35.8 Å². The Balaban J connectivity index is 1.96. The number of nitrogen functional groups attached to an aromatic ring is 1. The molecule has 9 nitrogen and oxygen atoms in total. The van der Waals surface area contributed by atoms with Crippen LogP contribution in [0.4, 0.5) is 11.8 Å². The summed E-state index contributed by atoms with van der Waals surface area (Å²) in [5.74, 6) is 0.352. The molecular formula is C18H22ClN5O4. The minimum atomic E-state index is -0.486. The summed E-state index contributed by atoms with van der Waals surface area (Å²) in [6.45, 7) is 4.60. The van der Waals surface area contributed by atoms with Crippen molar-refractivity contribution in [2.75, 3.05) is 37.5 Å². The van der Waals surface area contributed by atoms with Crippen LogP contribution >= 0.6 is 11.6 Å². The monoisotopic (exact) mass is 407 g/mol. The molecule has 150 valence electrons. The summed E-state index contributed by atoms with van der Waals surface area (Å²) in [4.78, 5) is 26.8. The number of aliphatic hydroxyl groups excluding tert-OH is 1. The number of hydrogen-bond donors (Lipinski definition) is 2. The summed E-state index contributed by atoms with van der Waals surface area (Å²) in [5, 5.41) is 9.96. The van der Waals surface area contributed by atoms with E-state index in [1.165, 1.54) is 13.3 Å². The summed E-state index contributed by atoms with van der Waals surface area (Å²) < 4.78 is 10.5. The Morgan fingerprint density at radius 1 is 1.46 bits per heavy atom. The van der Waals surface area contributed by atoms with E-state index in [1.54, 1.807) is 6.92 Å². The van der Waals surface area contributed by atoms with Crippen molar-refractivity contribution in [3.63, 3.8) is 0 Å². The molecule has 3 rings (SSSR count). The van der Waals surface area contributed by atoms with Gasteiger partial charge in [-0.1, -0.05) is 11.6 Å². The number of fused-ring (bicyclic) bond motifs is 1. The highest BCUT2D eigenvalue weighted by Gasteiger charge is 2.34. The Kier molecular flexibility index (Phi) is 5.85. The lowest BCUT2D eigenvalue weighted by atomic mass is 10.1. The minimum Gasteiger partial charge on any atom is -0.495 e. The van der Waals surface area contributed by atoms with Crippen LogP contribution in [0.1, 0.15) is 40.0 Å². The van der Waals surface area contributed by atoms with E-state index < -0.39 is 5.97 Å². The number of nitrogens with zero attached hydrogens (tertiary/aromatic N) is 4. The fourth-order valence-corrected chi connectivity index (χ4v) is 3.68. The highest BCUT2D eigenvalue weighted by molar-refractivity contribution is 6.30. The van der Waals surface area contributed by atoms with Crippen molar-refractivity contribution in [3.05, 3.63) is 33.7 Å². The lowest BCUT2D eigenvalue weighted by Gasteiger charge is -2.21. The molecular weight excluding hydrogens is 386 g/mol. The molecule has 28 heavy (non-hydrogen) atoms. The van der Waals surface area contributed by atoms with Crippen LogP contribution in [0.5, 0.6) is 5.75 Å². The van der Waals surface area contributed by atoms with Crippen molar-refractivity contribution in [1.29, 1.82) is 0 Å². The first-order valence-corrected chi connectivity index (χ1v) is 9.17. The smallest absolute Gasteiger partial charge is 0.343 e. The zero-order chi connectivity index (χ0) is 20.4. The van der Waals surface area contributed by atoms with Crippen LogP contribution in [0.3, 0.4) is 0 Å². The van der Waals surface area contributed by atoms with Crippen molar-refractivity contribution in [2.45, 2.75) is 26.3 Å². The summed E-state index contributed by atoms with van der Waals surface area (Å²) in [5.41, 5.74) is 8.11. The van der Waals surface area contributed by atoms with Gasteiger partial charge in [-0.15, -0.1) is 0 Å². The molecule has 10 heteroatoms. The van der Waals surface area contributed by atoms with Gasteiger partial charge in [-0.25, -0.2) is 9.78 Å². The number of aromatic nitrogens is 3. The first-order valence-electron chi connectivity index (χ1n) is 8.79. The van der Waals surface area contributed by atoms with Gasteiger partial charge in [0.15, 0.2) is 0 Å². The third-order valence-electron chi connectivity index (χ3n) is 4.67. The summed E-state index contributed by atoms with van der Waals surface area (Å²) >= 11 is 6.23. The maximum Gasteiger partial charge on any atom is 0.343 e. The van der Waals surface area contributed by atoms with Gasteiger partial charge in [0, 0.05) is 29.8 Å². The van der Waals surface area contributed by atoms with E-state index in [9.17, 15) is 9.90 Å². The fourth-order valence-electron chi connectivity index (χ4n) is 3.36. The summed E-state index contributed by atoms with van der Waals surface area (Å²) in [6.07, 6.45) is 1.45. The number of pyridine rings is 1. The number of methoxy groups -OCH3 is 1. The number of anilines is 2. The van der Waals surface area contributed by atoms with Gasteiger partial charge < -0.3 is 25.2 Å². The largest absolute Gasteiger partial charge is 0.495 e. The lowest BCUT2D eigenvalue weighted by molar-refractivity contribution is 0.0522. The second-order valence-corrected chi connectivity index (χ2v) is 6.73. The van der Waals surface area contributed by atoms with Gasteiger partial charge in [0.2, 0.25) is 5.95 Å². The average Bonchev–Trinajstić information content (AvgIpc) is 3.01. The normalized spacial score (nSPS) is 15.5. The van der Waals surface area contributed by atoms with Gasteiger partial charge in [0.1, 0.15) is 22.3 Å². The third-order valence-corrected chi connectivity index (χ3v) is 4.96. The zero-order valence-electron chi connectivity index (χ0n) is 15.9. The Morgan fingerprint density at radius 3 is 2.86 bits per heavy atom. The SMILES string of the molecule is CCOC(=O)c1cnc(CN2CC(CO)c3c(Cl)nc(N)nc32)c(C)c1OC. The molecule has 1 atom stereocenters. The Labute approximate surface area is 167 Å². The Hall–Kier alpha value is -2.65. The van der Waals surface area contributed by atoms with Gasteiger partial charge in [-0.3, -0.25) is 4.98 Å². The summed E-state index contributed by atoms with van der Waals surface area (Å²) in [6, 6.07) is 0. The fraction of sp³-hybridized carbons (Fsp3) is 0.444. The average molecular weight is 408 g/mol. The number of esters is 1. The van der Waals surface area contributed by atoms with Crippen LogP contribution in [0, 0.1) is 6.92 Å². The van der Waals surface area contributed by atoms with Crippen molar-refractivity contribution in [2.24, 2.45) is 0 Å². The van der Waals surface area contributed by atoms with E-state index >= 15 is 0 Å². The van der Waals surface area contributed by atoms with E-state index in [0.717, 1.165) is 5.56 Å². The van der Waals surface area contributed by atoms with Gasteiger partial charge in [-0.2, -0.15) is 4.98 Å². The number of aliphatic hydroxyl groups is 1. The second kappa shape index (κ2) is 8.15. The van der Waals surface area contributed by atoms with Crippen LogP contribution in [0.2, 0.25) is 5.15 Å². The molecule has 0 amide bonds. The number of rotatable bonds is 6. The predicted molar refractivity (Wildman–Crippen MR) is 104 cm³/mol. The van der Waals surface area contributed by atoms with E-state index in [2.05, 4.69) is 15.0 Å². The van der Waals surface area contributed by atoms with Crippen molar-refractivity contribution in [1.82, 2.24) is 15.0 Å². The third kappa shape index (κ3) is 3.55. The van der Waals surface area contributed by atoms with Crippen LogP contribution in [0.15, 0.2) is 6.20 Å². The molecule has 2 aromatic rings. The van der Waals surface area contributed by atoms with Crippen molar-refractivity contribution in [3.8, 4) is 5.75 Å². The molecule has 0 fully saturated rings. The molecule has 3 N–H and O–H groups in total. The first kappa shape index (κ1) is 20.1. The number of carbonyl (C=O) groups excluding carboxylic acids is 1. The molecule has 3 heterocycles. The number of carbonyl (C=O) groups is 1. The Bertz CT molecular complexity index is 908. The van der Waals surface area contributed by atoms with E-state index in [4.69, 9.17) is 26.8 Å². The van der Waals surface area contributed by atoms with E-state index in [1.807, 2.05) is 11.8 Å². The standard InChI is InChI=1S/C18H22ClN5O4/c1-4-28-17(26)11-5-21-12(9(2)14(11)27-3)7-24-6-10(8-25)13-15(19)22-18(20)23-16(13)24/h5,10,25H,4,6-8H2,1-3H3,(H2,20,22,23). The first-order chi connectivity index (χ1) is 13.4. The van der Waals surface area contributed by atoms with E-state index in [0.29, 0.717) is 35.9 Å².